The molecule has 1 aromatic carbocycles. The largest absolute Gasteiger partial charge is 0.497 e. The minimum Gasteiger partial charge on any atom is -0.497 e. The molecule has 0 atom stereocenters. The number of morpholine rings is 1. The van der Waals surface area contributed by atoms with Gasteiger partial charge in [0.1, 0.15) is 5.75 Å². The third kappa shape index (κ3) is 4.46. The van der Waals surface area contributed by atoms with Crippen molar-refractivity contribution in [2.45, 2.75) is 13.3 Å². The van der Waals surface area contributed by atoms with E-state index in [-0.39, 0.29) is 5.91 Å². The number of aryl methyl sites for hydroxylation is 1. The maximum absolute atomic E-state index is 12.5. The minimum absolute atomic E-state index is 0.0651. The van der Waals surface area contributed by atoms with Gasteiger partial charge in [-0.3, -0.25) is 14.7 Å². The quantitative estimate of drug-likeness (QED) is 0.813. The number of nitrogens with zero attached hydrogens (tertiary/aromatic N) is 2. The second-order valence-corrected chi connectivity index (χ2v) is 6.24. The molecule has 0 radical (unpaired) electrons. The van der Waals surface area contributed by atoms with Crippen molar-refractivity contribution < 1.29 is 14.3 Å². The van der Waals surface area contributed by atoms with E-state index in [2.05, 4.69) is 15.2 Å². The molecular formula is C19H25N3O3. The Bertz CT molecular complexity index is 742. The molecule has 25 heavy (non-hydrogen) atoms. The van der Waals surface area contributed by atoms with Gasteiger partial charge in [0.2, 0.25) is 0 Å². The molecule has 1 saturated heterocycles. The van der Waals surface area contributed by atoms with E-state index in [4.69, 9.17) is 9.47 Å². The van der Waals surface area contributed by atoms with E-state index in [9.17, 15) is 4.79 Å². The lowest BCUT2D eigenvalue weighted by Crippen LogP contribution is -2.38. The molecular weight excluding hydrogens is 318 g/mol. The van der Waals surface area contributed by atoms with Crippen molar-refractivity contribution in [1.29, 1.82) is 0 Å². The van der Waals surface area contributed by atoms with Crippen LogP contribution < -0.4 is 10.1 Å². The van der Waals surface area contributed by atoms with Crippen LogP contribution in [-0.4, -0.2) is 62.3 Å². The molecule has 0 unspecified atom stereocenters. The zero-order valence-electron chi connectivity index (χ0n) is 14.9. The number of hydrogen-bond acceptors (Lipinski definition) is 5. The predicted molar refractivity (Wildman–Crippen MR) is 97.2 cm³/mol. The predicted octanol–water partition coefficient (Wildman–Crippen LogP) is 2.00. The van der Waals surface area contributed by atoms with Gasteiger partial charge in [0.25, 0.3) is 5.91 Å². The summed E-state index contributed by atoms with van der Waals surface area (Å²) in [4.78, 5) is 19.4. The Labute approximate surface area is 148 Å². The van der Waals surface area contributed by atoms with Gasteiger partial charge >= 0.3 is 0 Å². The van der Waals surface area contributed by atoms with Gasteiger partial charge in [0.05, 0.1) is 37.1 Å². The van der Waals surface area contributed by atoms with Gasteiger partial charge in [-0.25, -0.2) is 0 Å². The van der Waals surface area contributed by atoms with E-state index in [1.165, 1.54) is 0 Å². The van der Waals surface area contributed by atoms with Crippen LogP contribution in [0.5, 0.6) is 5.75 Å². The molecule has 134 valence electrons. The van der Waals surface area contributed by atoms with Gasteiger partial charge in [-0.05, 0) is 38.1 Å². The fourth-order valence-electron chi connectivity index (χ4n) is 3.02. The van der Waals surface area contributed by atoms with Crippen LogP contribution in [0.4, 0.5) is 0 Å². The Kier molecular flexibility index (Phi) is 5.83. The van der Waals surface area contributed by atoms with E-state index in [1.54, 1.807) is 7.11 Å². The second-order valence-electron chi connectivity index (χ2n) is 6.24. The summed E-state index contributed by atoms with van der Waals surface area (Å²) in [6, 6.07) is 7.58. The van der Waals surface area contributed by atoms with Gasteiger partial charge in [0, 0.05) is 31.1 Å². The van der Waals surface area contributed by atoms with Crippen LogP contribution in [0.2, 0.25) is 0 Å². The topological polar surface area (TPSA) is 63.7 Å². The van der Waals surface area contributed by atoms with Gasteiger partial charge < -0.3 is 14.8 Å². The van der Waals surface area contributed by atoms with Gasteiger partial charge in [-0.2, -0.15) is 0 Å². The summed E-state index contributed by atoms with van der Waals surface area (Å²) < 4.78 is 10.6. The summed E-state index contributed by atoms with van der Waals surface area (Å²) in [5.74, 6) is 0.699. The highest BCUT2D eigenvalue weighted by molar-refractivity contribution is 5.98. The fraction of sp³-hybridized carbons (Fsp3) is 0.474. The average molecular weight is 343 g/mol. The molecule has 0 saturated carbocycles. The van der Waals surface area contributed by atoms with Crippen molar-refractivity contribution in [2.24, 2.45) is 0 Å². The van der Waals surface area contributed by atoms with Crippen LogP contribution in [0, 0.1) is 6.92 Å². The first kappa shape index (κ1) is 17.6. The SMILES string of the molecule is COc1ccc2cc(C(=O)NCCCN3CCOCC3)c(C)nc2c1. The first-order chi connectivity index (χ1) is 12.2. The highest BCUT2D eigenvalue weighted by Gasteiger charge is 2.13. The number of ether oxygens (including phenoxy) is 2. The number of benzene rings is 1. The van der Waals surface area contributed by atoms with Gasteiger partial charge in [-0.1, -0.05) is 0 Å². The van der Waals surface area contributed by atoms with Crippen molar-refractivity contribution >= 4 is 16.8 Å². The first-order valence-corrected chi connectivity index (χ1v) is 8.71. The number of hydrogen-bond donors (Lipinski definition) is 1. The number of aromatic nitrogens is 1. The molecule has 1 aromatic heterocycles. The first-order valence-electron chi connectivity index (χ1n) is 8.71. The van der Waals surface area contributed by atoms with Crippen LogP contribution >= 0.6 is 0 Å². The molecule has 1 aliphatic rings. The Hall–Kier alpha value is -2.18. The minimum atomic E-state index is -0.0651. The molecule has 1 amide bonds. The molecule has 2 aromatic rings. The summed E-state index contributed by atoms with van der Waals surface area (Å²) in [6.45, 7) is 7.07. The number of carbonyl (C=O) groups is 1. The van der Waals surface area contributed by atoms with E-state index in [1.807, 2.05) is 31.2 Å². The van der Waals surface area contributed by atoms with Crippen molar-refractivity contribution in [3.8, 4) is 5.75 Å². The lowest BCUT2D eigenvalue weighted by molar-refractivity contribution is 0.0374. The molecule has 1 N–H and O–H groups in total. The lowest BCUT2D eigenvalue weighted by Gasteiger charge is -2.26. The lowest BCUT2D eigenvalue weighted by atomic mass is 10.1. The summed E-state index contributed by atoms with van der Waals surface area (Å²) in [6.07, 6.45) is 0.934. The number of carbonyl (C=O) groups excluding carboxylic acids is 1. The maximum atomic E-state index is 12.5. The molecule has 2 heterocycles. The van der Waals surface area contributed by atoms with Crippen molar-refractivity contribution in [1.82, 2.24) is 15.2 Å². The number of fused-ring (bicyclic) bond motifs is 1. The molecule has 1 fully saturated rings. The maximum Gasteiger partial charge on any atom is 0.253 e. The number of rotatable bonds is 6. The zero-order valence-corrected chi connectivity index (χ0v) is 14.9. The average Bonchev–Trinajstić information content (AvgIpc) is 2.64. The molecule has 0 bridgehead atoms. The monoisotopic (exact) mass is 343 g/mol. The number of nitrogens with one attached hydrogen (secondary N) is 1. The van der Waals surface area contributed by atoms with Gasteiger partial charge in [0.15, 0.2) is 0 Å². The molecule has 6 heteroatoms. The van der Waals surface area contributed by atoms with E-state index in [0.29, 0.717) is 12.1 Å². The summed E-state index contributed by atoms with van der Waals surface area (Å²) in [5, 5.41) is 3.94. The molecule has 1 aliphatic heterocycles. The molecule has 0 spiro atoms. The Balaban J connectivity index is 1.58. The Morgan fingerprint density at radius 1 is 1.32 bits per heavy atom. The number of methoxy groups -OCH3 is 1. The normalized spacial score (nSPS) is 15.3. The third-order valence-corrected chi connectivity index (χ3v) is 4.50. The standard InChI is InChI=1S/C19H25N3O3/c1-14-17(12-15-4-5-16(24-2)13-18(15)21-14)19(23)20-6-3-7-22-8-10-25-11-9-22/h4-5,12-13H,3,6-11H2,1-2H3,(H,20,23). The fourth-order valence-corrected chi connectivity index (χ4v) is 3.02. The zero-order chi connectivity index (χ0) is 17.6. The van der Waals surface area contributed by atoms with Crippen LogP contribution in [0.15, 0.2) is 24.3 Å². The van der Waals surface area contributed by atoms with Crippen LogP contribution in [0.25, 0.3) is 10.9 Å². The third-order valence-electron chi connectivity index (χ3n) is 4.50. The highest BCUT2D eigenvalue weighted by atomic mass is 16.5. The van der Waals surface area contributed by atoms with Gasteiger partial charge in [-0.15, -0.1) is 0 Å². The summed E-state index contributed by atoms with van der Waals surface area (Å²) >= 11 is 0. The summed E-state index contributed by atoms with van der Waals surface area (Å²) in [5.41, 5.74) is 2.19. The second kappa shape index (κ2) is 8.27. The van der Waals surface area contributed by atoms with Crippen LogP contribution in [0.1, 0.15) is 22.5 Å². The summed E-state index contributed by atoms with van der Waals surface area (Å²) in [7, 11) is 1.63. The smallest absolute Gasteiger partial charge is 0.253 e. The van der Waals surface area contributed by atoms with E-state index >= 15 is 0 Å². The highest BCUT2D eigenvalue weighted by Crippen LogP contribution is 2.21. The molecule has 6 nitrogen and oxygen atoms in total. The Morgan fingerprint density at radius 3 is 2.88 bits per heavy atom. The van der Waals surface area contributed by atoms with Crippen molar-refractivity contribution in [3.63, 3.8) is 0 Å². The van der Waals surface area contributed by atoms with E-state index in [0.717, 1.165) is 61.6 Å². The Morgan fingerprint density at radius 2 is 2.12 bits per heavy atom. The number of pyridine rings is 1. The molecule has 0 aliphatic carbocycles. The van der Waals surface area contributed by atoms with Crippen molar-refractivity contribution in [2.75, 3.05) is 46.5 Å². The van der Waals surface area contributed by atoms with Crippen molar-refractivity contribution in [3.05, 3.63) is 35.5 Å². The van der Waals surface area contributed by atoms with Crippen LogP contribution in [0.3, 0.4) is 0 Å². The number of amides is 1. The van der Waals surface area contributed by atoms with Crippen LogP contribution in [-0.2, 0) is 4.74 Å². The van der Waals surface area contributed by atoms with E-state index < -0.39 is 0 Å². The molecule has 3 rings (SSSR count).